The molecule has 0 N–H and O–H groups in total. The third kappa shape index (κ3) is 3.35. The molecule has 0 saturated carbocycles. The molecule has 0 unspecified atom stereocenters. The minimum absolute atomic E-state index is 0.699. The minimum atomic E-state index is 0.699. The average Bonchev–Trinajstić information content (AvgIpc) is 2.07. The molecule has 0 aromatic heterocycles. The van der Waals surface area contributed by atoms with Crippen molar-refractivity contribution < 1.29 is 4.84 Å². The lowest BCUT2D eigenvalue weighted by Crippen LogP contribution is -2.27. The molecule has 1 aliphatic rings. The molecular weight excluding hydrogens is 138 g/mol. The molecule has 11 heavy (non-hydrogen) atoms. The van der Waals surface area contributed by atoms with E-state index in [1.807, 2.05) is 24.1 Å². The lowest BCUT2D eigenvalue weighted by molar-refractivity contribution is -0.141. The molecule has 0 aliphatic carbocycles. The van der Waals surface area contributed by atoms with Crippen LogP contribution in [0.1, 0.15) is 13.3 Å². The van der Waals surface area contributed by atoms with E-state index in [1.54, 1.807) is 0 Å². The first kappa shape index (κ1) is 8.50. The van der Waals surface area contributed by atoms with Gasteiger partial charge >= 0.3 is 0 Å². The van der Waals surface area contributed by atoms with E-state index < -0.39 is 0 Å². The second-order valence-corrected chi connectivity index (χ2v) is 2.51. The maximum Gasteiger partial charge on any atom is 0.0866 e. The molecule has 0 atom stereocenters. The zero-order valence-corrected chi connectivity index (χ0v) is 6.99. The summed E-state index contributed by atoms with van der Waals surface area (Å²) in [5.74, 6) is 0. The monoisotopic (exact) mass is 153 g/mol. The zero-order valence-electron chi connectivity index (χ0n) is 6.99. The van der Waals surface area contributed by atoms with E-state index in [9.17, 15) is 0 Å². The molecule has 1 heterocycles. The van der Waals surface area contributed by atoms with E-state index in [0.29, 0.717) is 6.61 Å². The molecule has 0 bridgehead atoms. The van der Waals surface area contributed by atoms with Gasteiger partial charge in [-0.05, 0) is 13.3 Å². The molecule has 0 radical (unpaired) electrons. The Labute approximate surface area is 68.1 Å². The topological polar surface area (TPSA) is 12.5 Å². The normalized spacial score (nSPS) is 19.7. The number of allylic oxidation sites excluding steroid dienone is 1. The predicted molar refractivity (Wildman–Crippen MR) is 46.1 cm³/mol. The van der Waals surface area contributed by atoms with Gasteiger partial charge < -0.3 is 0 Å². The Balaban J connectivity index is 2.11. The summed E-state index contributed by atoms with van der Waals surface area (Å²) in [7, 11) is 0. The van der Waals surface area contributed by atoms with Crippen molar-refractivity contribution in [3.8, 4) is 0 Å². The van der Waals surface area contributed by atoms with Gasteiger partial charge in [-0.2, -0.15) is 5.06 Å². The SMILES string of the molecule is C/C=C/CON1CC=CCC1. The lowest BCUT2D eigenvalue weighted by atomic mass is 10.3. The minimum Gasteiger partial charge on any atom is -0.295 e. The number of hydrogen-bond acceptors (Lipinski definition) is 2. The van der Waals surface area contributed by atoms with Crippen LogP contribution in [0.2, 0.25) is 0 Å². The summed E-state index contributed by atoms with van der Waals surface area (Å²) in [6.07, 6.45) is 9.45. The Hall–Kier alpha value is -0.600. The smallest absolute Gasteiger partial charge is 0.0866 e. The molecule has 2 heteroatoms. The predicted octanol–water partition coefficient (Wildman–Crippen LogP) is 1.76. The Morgan fingerprint density at radius 1 is 1.55 bits per heavy atom. The van der Waals surface area contributed by atoms with Gasteiger partial charge in [0.05, 0.1) is 6.61 Å². The summed E-state index contributed by atoms with van der Waals surface area (Å²) in [4.78, 5) is 5.42. The second kappa shape index (κ2) is 5.10. The maximum absolute atomic E-state index is 5.42. The fourth-order valence-corrected chi connectivity index (χ4v) is 0.982. The quantitative estimate of drug-likeness (QED) is 0.573. The first-order chi connectivity index (χ1) is 5.43. The molecule has 0 fully saturated rings. The zero-order chi connectivity index (χ0) is 7.94. The van der Waals surface area contributed by atoms with Crippen LogP contribution >= 0.6 is 0 Å². The van der Waals surface area contributed by atoms with E-state index in [2.05, 4.69) is 12.2 Å². The Bertz CT molecular complexity index is 152. The highest BCUT2D eigenvalue weighted by atomic mass is 16.7. The summed E-state index contributed by atoms with van der Waals surface area (Å²) >= 11 is 0. The highest BCUT2D eigenvalue weighted by molar-refractivity contribution is 4.88. The average molecular weight is 153 g/mol. The van der Waals surface area contributed by atoms with Crippen LogP contribution in [-0.2, 0) is 4.84 Å². The number of nitrogens with zero attached hydrogens (tertiary/aromatic N) is 1. The standard InChI is InChI=1S/C9H15NO/c1-2-3-9-11-10-7-5-4-6-8-10/h2-5H,6-9H2,1H3/b3-2+. The molecule has 62 valence electrons. The molecule has 1 aliphatic heterocycles. The third-order valence-corrected chi connectivity index (χ3v) is 1.61. The van der Waals surface area contributed by atoms with Crippen LogP contribution in [-0.4, -0.2) is 24.8 Å². The van der Waals surface area contributed by atoms with Gasteiger partial charge in [-0.25, -0.2) is 0 Å². The first-order valence-corrected chi connectivity index (χ1v) is 4.07. The van der Waals surface area contributed by atoms with Crippen molar-refractivity contribution in [2.24, 2.45) is 0 Å². The van der Waals surface area contributed by atoms with Gasteiger partial charge in [0, 0.05) is 13.1 Å². The van der Waals surface area contributed by atoms with E-state index in [4.69, 9.17) is 4.84 Å². The van der Waals surface area contributed by atoms with Crippen LogP contribution < -0.4 is 0 Å². The van der Waals surface area contributed by atoms with Crippen LogP contribution in [0.3, 0.4) is 0 Å². The van der Waals surface area contributed by atoms with Crippen LogP contribution in [0.15, 0.2) is 24.3 Å². The van der Waals surface area contributed by atoms with E-state index >= 15 is 0 Å². The highest BCUT2D eigenvalue weighted by Gasteiger charge is 2.03. The van der Waals surface area contributed by atoms with Crippen molar-refractivity contribution in [2.45, 2.75) is 13.3 Å². The van der Waals surface area contributed by atoms with E-state index in [0.717, 1.165) is 19.5 Å². The van der Waals surface area contributed by atoms with Crippen LogP contribution in [0, 0.1) is 0 Å². The molecule has 0 spiro atoms. The van der Waals surface area contributed by atoms with Crippen LogP contribution in [0.4, 0.5) is 0 Å². The molecular formula is C9H15NO. The van der Waals surface area contributed by atoms with Crippen molar-refractivity contribution in [1.82, 2.24) is 5.06 Å². The Morgan fingerprint density at radius 3 is 3.09 bits per heavy atom. The molecule has 0 aromatic carbocycles. The van der Waals surface area contributed by atoms with Crippen LogP contribution in [0.5, 0.6) is 0 Å². The fraction of sp³-hybridized carbons (Fsp3) is 0.556. The first-order valence-electron chi connectivity index (χ1n) is 4.07. The largest absolute Gasteiger partial charge is 0.295 e. The van der Waals surface area contributed by atoms with Gasteiger partial charge in [0.2, 0.25) is 0 Å². The molecule has 2 nitrogen and oxygen atoms in total. The second-order valence-electron chi connectivity index (χ2n) is 2.51. The summed E-state index contributed by atoms with van der Waals surface area (Å²) in [6.45, 7) is 4.65. The number of hydroxylamine groups is 2. The van der Waals surface area contributed by atoms with Gasteiger partial charge in [-0.15, -0.1) is 0 Å². The summed E-state index contributed by atoms with van der Waals surface area (Å²) in [6, 6.07) is 0. The third-order valence-electron chi connectivity index (χ3n) is 1.61. The maximum atomic E-state index is 5.42. The molecule has 0 saturated heterocycles. The van der Waals surface area contributed by atoms with Crippen molar-refractivity contribution >= 4 is 0 Å². The van der Waals surface area contributed by atoms with Gasteiger partial charge in [-0.3, -0.25) is 4.84 Å². The summed E-state index contributed by atoms with van der Waals surface area (Å²) < 4.78 is 0. The van der Waals surface area contributed by atoms with Gasteiger partial charge in [-0.1, -0.05) is 24.3 Å². The molecule has 1 rings (SSSR count). The Kier molecular flexibility index (Phi) is 3.94. The van der Waals surface area contributed by atoms with Gasteiger partial charge in [0.15, 0.2) is 0 Å². The summed E-state index contributed by atoms with van der Waals surface area (Å²) in [5.41, 5.74) is 0. The summed E-state index contributed by atoms with van der Waals surface area (Å²) in [5, 5.41) is 1.99. The van der Waals surface area contributed by atoms with Crippen molar-refractivity contribution in [3.05, 3.63) is 24.3 Å². The van der Waals surface area contributed by atoms with Crippen LogP contribution in [0.25, 0.3) is 0 Å². The van der Waals surface area contributed by atoms with Crippen molar-refractivity contribution in [2.75, 3.05) is 19.7 Å². The van der Waals surface area contributed by atoms with Gasteiger partial charge in [0.1, 0.15) is 0 Å². The van der Waals surface area contributed by atoms with Crippen molar-refractivity contribution in [1.29, 1.82) is 0 Å². The lowest BCUT2D eigenvalue weighted by Gasteiger charge is -2.21. The molecule has 0 amide bonds. The number of hydrogen-bond donors (Lipinski definition) is 0. The van der Waals surface area contributed by atoms with Gasteiger partial charge in [0.25, 0.3) is 0 Å². The Morgan fingerprint density at radius 2 is 2.45 bits per heavy atom. The highest BCUT2D eigenvalue weighted by Crippen LogP contribution is 2.00. The number of rotatable bonds is 3. The van der Waals surface area contributed by atoms with E-state index in [-0.39, 0.29) is 0 Å². The van der Waals surface area contributed by atoms with Crippen molar-refractivity contribution in [3.63, 3.8) is 0 Å². The molecule has 0 aromatic rings. The fourth-order valence-electron chi connectivity index (χ4n) is 0.982. The van der Waals surface area contributed by atoms with E-state index in [1.165, 1.54) is 0 Å².